The van der Waals surface area contributed by atoms with Crippen molar-refractivity contribution in [1.29, 1.82) is 0 Å². The smallest absolute Gasteiger partial charge is 0.326 e. The Morgan fingerprint density at radius 1 is 1.33 bits per heavy atom. The number of urea groups is 1. The van der Waals surface area contributed by atoms with Gasteiger partial charge in [-0.15, -0.1) is 0 Å². The molecule has 3 unspecified atom stereocenters. The van der Waals surface area contributed by atoms with E-state index in [1.54, 1.807) is 4.90 Å². The predicted octanol–water partition coefficient (Wildman–Crippen LogP) is -0.332. The molecular formula is C13H21N3O5. The maximum absolute atomic E-state index is 12.3. The molecule has 1 heterocycles. The number of amides is 3. The molecule has 3 atom stereocenters. The third-order valence-corrected chi connectivity index (χ3v) is 3.99. The van der Waals surface area contributed by atoms with Crippen LogP contribution in [-0.4, -0.2) is 59.3 Å². The van der Waals surface area contributed by atoms with E-state index in [0.29, 0.717) is 13.2 Å². The van der Waals surface area contributed by atoms with Gasteiger partial charge in [0.05, 0.1) is 25.2 Å². The van der Waals surface area contributed by atoms with Gasteiger partial charge in [-0.25, -0.2) is 9.59 Å². The Labute approximate surface area is 122 Å². The van der Waals surface area contributed by atoms with Gasteiger partial charge in [0.25, 0.3) is 0 Å². The first-order valence-corrected chi connectivity index (χ1v) is 7.19. The number of morpholine rings is 1. The summed E-state index contributed by atoms with van der Waals surface area (Å²) >= 11 is 0. The van der Waals surface area contributed by atoms with Gasteiger partial charge in [-0.2, -0.15) is 0 Å². The lowest BCUT2D eigenvalue weighted by molar-refractivity contribution is -0.141. The lowest BCUT2D eigenvalue weighted by atomic mass is 9.90. The third kappa shape index (κ3) is 3.84. The molecule has 2 aliphatic rings. The number of hydrogen-bond donors (Lipinski definition) is 3. The third-order valence-electron chi connectivity index (χ3n) is 3.99. The highest BCUT2D eigenvalue weighted by Gasteiger charge is 2.37. The standard InChI is InChI=1S/C13H21N3O5/c14-11(17)7-8(12(18)19)15-13(20)16-5-6-21-10-4-2-1-3-9(10)16/h8-10H,1-7H2,(H2,14,17)(H,15,20)(H,18,19). The van der Waals surface area contributed by atoms with E-state index >= 15 is 0 Å². The zero-order valence-corrected chi connectivity index (χ0v) is 11.8. The van der Waals surface area contributed by atoms with E-state index in [-0.39, 0.29) is 12.1 Å². The highest BCUT2D eigenvalue weighted by molar-refractivity contribution is 5.87. The molecule has 4 N–H and O–H groups in total. The van der Waals surface area contributed by atoms with Gasteiger partial charge in [0, 0.05) is 6.54 Å². The van der Waals surface area contributed by atoms with Crippen LogP contribution in [0.4, 0.5) is 4.79 Å². The number of ether oxygens (including phenoxy) is 1. The summed E-state index contributed by atoms with van der Waals surface area (Å²) in [6.07, 6.45) is 3.48. The van der Waals surface area contributed by atoms with Gasteiger partial charge in [0.15, 0.2) is 0 Å². The van der Waals surface area contributed by atoms with Crippen LogP contribution in [0, 0.1) is 0 Å². The van der Waals surface area contributed by atoms with Crippen LogP contribution in [0.25, 0.3) is 0 Å². The average Bonchev–Trinajstić information content (AvgIpc) is 2.45. The number of rotatable bonds is 4. The fourth-order valence-corrected chi connectivity index (χ4v) is 2.98. The zero-order valence-electron chi connectivity index (χ0n) is 11.8. The normalized spacial score (nSPS) is 26.6. The quantitative estimate of drug-likeness (QED) is 0.656. The molecular weight excluding hydrogens is 278 g/mol. The van der Waals surface area contributed by atoms with Gasteiger partial charge in [0.2, 0.25) is 5.91 Å². The predicted molar refractivity (Wildman–Crippen MR) is 72.5 cm³/mol. The zero-order chi connectivity index (χ0) is 15.4. The van der Waals surface area contributed by atoms with Gasteiger partial charge in [-0.3, -0.25) is 4.79 Å². The number of carbonyl (C=O) groups excluding carboxylic acids is 2. The Balaban J connectivity index is 2.00. The summed E-state index contributed by atoms with van der Waals surface area (Å²) < 4.78 is 5.67. The van der Waals surface area contributed by atoms with Crippen molar-refractivity contribution in [2.75, 3.05) is 13.2 Å². The molecule has 0 aromatic rings. The number of carboxylic acids is 1. The monoisotopic (exact) mass is 299 g/mol. The van der Waals surface area contributed by atoms with Gasteiger partial charge in [-0.05, 0) is 12.8 Å². The summed E-state index contributed by atoms with van der Waals surface area (Å²) in [4.78, 5) is 35.9. The second kappa shape index (κ2) is 6.75. The lowest BCUT2D eigenvalue weighted by Crippen LogP contribution is -2.59. The van der Waals surface area contributed by atoms with Crippen molar-refractivity contribution >= 4 is 17.9 Å². The van der Waals surface area contributed by atoms with Crippen molar-refractivity contribution in [3.05, 3.63) is 0 Å². The molecule has 0 bridgehead atoms. The fourth-order valence-electron chi connectivity index (χ4n) is 2.98. The summed E-state index contributed by atoms with van der Waals surface area (Å²) in [5, 5.41) is 11.4. The topological polar surface area (TPSA) is 122 Å². The highest BCUT2D eigenvalue weighted by atomic mass is 16.5. The van der Waals surface area contributed by atoms with E-state index in [1.807, 2.05) is 0 Å². The molecule has 0 radical (unpaired) electrons. The molecule has 1 aliphatic heterocycles. The molecule has 118 valence electrons. The first kappa shape index (κ1) is 15.6. The number of primary amides is 1. The molecule has 8 nitrogen and oxygen atoms in total. The Bertz CT molecular complexity index is 426. The minimum absolute atomic E-state index is 0.0180. The van der Waals surface area contributed by atoms with Crippen molar-refractivity contribution < 1.29 is 24.2 Å². The van der Waals surface area contributed by atoms with Crippen LogP contribution in [-0.2, 0) is 14.3 Å². The number of nitrogens with one attached hydrogen (secondary N) is 1. The van der Waals surface area contributed by atoms with E-state index in [4.69, 9.17) is 15.6 Å². The van der Waals surface area contributed by atoms with Crippen molar-refractivity contribution in [1.82, 2.24) is 10.2 Å². The number of nitrogens with zero attached hydrogens (tertiary/aromatic N) is 1. The Hall–Kier alpha value is -1.83. The van der Waals surface area contributed by atoms with Gasteiger partial charge < -0.3 is 25.8 Å². The van der Waals surface area contributed by atoms with Crippen molar-refractivity contribution in [3.8, 4) is 0 Å². The Morgan fingerprint density at radius 2 is 2.05 bits per heavy atom. The van der Waals surface area contributed by atoms with Gasteiger partial charge in [0.1, 0.15) is 6.04 Å². The van der Waals surface area contributed by atoms with E-state index in [9.17, 15) is 14.4 Å². The number of aliphatic carboxylic acids is 1. The van der Waals surface area contributed by atoms with Crippen LogP contribution in [0.2, 0.25) is 0 Å². The summed E-state index contributed by atoms with van der Waals surface area (Å²) in [7, 11) is 0. The van der Waals surface area contributed by atoms with Gasteiger partial charge in [-0.1, -0.05) is 12.8 Å². The molecule has 3 amide bonds. The first-order chi connectivity index (χ1) is 9.99. The molecule has 0 spiro atoms. The van der Waals surface area contributed by atoms with E-state index in [1.165, 1.54) is 0 Å². The van der Waals surface area contributed by atoms with Crippen molar-refractivity contribution in [2.24, 2.45) is 5.73 Å². The molecule has 0 aromatic carbocycles. The minimum Gasteiger partial charge on any atom is -0.480 e. The average molecular weight is 299 g/mol. The number of nitrogens with two attached hydrogens (primary N) is 1. The largest absolute Gasteiger partial charge is 0.480 e. The minimum atomic E-state index is -1.29. The maximum Gasteiger partial charge on any atom is 0.326 e. The lowest BCUT2D eigenvalue weighted by Gasteiger charge is -2.43. The van der Waals surface area contributed by atoms with Crippen LogP contribution in [0.1, 0.15) is 32.1 Å². The van der Waals surface area contributed by atoms with Crippen LogP contribution < -0.4 is 11.1 Å². The molecule has 1 saturated carbocycles. The second-order valence-corrected chi connectivity index (χ2v) is 5.47. The number of carboxylic acid groups (broad SMARTS) is 1. The second-order valence-electron chi connectivity index (χ2n) is 5.47. The van der Waals surface area contributed by atoms with Crippen LogP contribution >= 0.6 is 0 Å². The summed E-state index contributed by atoms with van der Waals surface area (Å²) in [5.41, 5.74) is 5.00. The van der Waals surface area contributed by atoms with Crippen LogP contribution in [0.3, 0.4) is 0 Å². The Kier molecular flexibility index (Phi) is 5.00. The van der Waals surface area contributed by atoms with E-state index in [0.717, 1.165) is 25.7 Å². The molecule has 1 aliphatic carbocycles. The Morgan fingerprint density at radius 3 is 2.71 bits per heavy atom. The van der Waals surface area contributed by atoms with E-state index < -0.39 is 30.4 Å². The summed E-state index contributed by atoms with van der Waals surface area (Å²) in [5.74, 6) is -2.03. The molecule has 8 heteroatoms. The molecule has 1 saturated heterocycles. The molecule has 2 fully saturated rings. The maximum atomic E-state index is 12.3. The number of carbonyl (C=O) groups is 3. The van der Waals surface area contributed by atoms with Gasteiger partial charge >= 0.3 is 12.0 Å². The molecule has 2 rings (SSSR count). The van der Waals surface area contributed by atoms with Crippen LogP contribution in [0.5, 0.6) is 0 Å². The highest BCUT2D eigenvalue weighted by Crippen LogP contribution is 2.28. The summed E-state index contributed by atoms with van der Waals surface area (Å²) in [6.45, 7) is 0.873. The van der Waals surface area contributed by atoms with E-state index in [2.05, 4.69) is 5.32 Å². The summed E-state index contributed by atoms with van der Waals surface area (Å²) in [6, 6.07) is -1.78. The first-order valence-electron chi connectivity index (χ1n) is 7.19. The number of fused-ring (bicyclic) bond motifs is 1. The number of hydrogen-bond acceptors (Lipinski definition) is 4. The SMILES string of the molecule is NC(=O)CC(NC(=O)N1CCOC2CCCCC21)C(=O)O. The van der Waals surface area contributed by atoms with Crippen molar-refractivity contribution in [3.63, 3.8) is 0 Å². The molecule has 21 heavy (non-hydrogen) atoms. The fraction of sp³-hybridized carbons (Fsp3) is 0.769. The van der Waals surface area contributed by atoms with Crippen LogP contribution in [0.15, 0.2) is 0 Å². The molecule has 0 aromatic heterocycles. The van der Waals surface area contributed by atoms with Crippen molar-refractivity contribution in [2.45, 2.75) is 50.3 Å².